The van der Waals surface area contributed by atoms with Gasteiger partial charge in [0, 0.05) is 58.5 Å². The number of ether oxygens (including phenoxy) is 2. The number of nitrogens with one attached hydrogen (secondary N) is 2. The maximum Gasteiger partial charge on any atom is 0.304 e. The number of aliphatic hydroxyl groups excluding tert-OH is 1. The van der Waals surface area contributed by atoms with Crippen molar-refractivity contribution >= 4 is 68.9 Å². The number of carbonyl (C=O) groups excluding carboxylic acids is 3. The monoisotopic (exact) mass is 1220 g/mol. The van der Waals surface area contributed by atoms with Gasteiger partial charge in [0.2, 0.25) is 0 Å². The summed E-state index contributed by atoms with van der Waals surface area (Å²) in [5.41, 5.74) is 8.83. The van der Waals surface area contributed by atoms with Crippen LogP contribution in [0.2, 0.25) is 0 Å². The molecule has 2 amide bonds. The predicted molar refractivity (Wildman–Crippen MR) is 362 cm³/mol. The number of phenolic OH excluding ortho intramolecular Hbond substituents is 1. The summed E-state index contributed by atoms with van der Waals surface area (Å²) in [5.74, 6) is -0.240. The number of carbonyl (C=O) groups is 4. The van der Waals surface area contributed by atoms with E-state index in [0.29, 0.717) is 72.1 Å². The average Bonchev–Trinajstić information content (AvgIpc) is 1.34. The number of aliphatic carboxylic acids is 1. The minimum absolute atomic E-state index is 0.00440. The molecule has 0 saturated heterocycles. The molecule has 0 bridgehead atoms. The van der Waals surface area contributed by atoms with E-state index in [-0.39, 0.29) is 46.5 Å². The number of aryl methyl sites for hydroxylation is 2. The molecule has 1 aliphatic rings. The van der Waals surface area contributed by atoms with E-state index in [0.717, 1.165) is 70.6 Å². The quantitative estimate of drug-likeness (QED) is 0.0150. The molecule has 0 saturated carbocycles. The number of nitrogens with zero attached hydrogens (tertiary/aromatic N) is 2. The third kappa shape index (κ3) is 19.8. The zero-order valence-corrected chi connectivity index (χ0v) is 54.7. The number of aliphatic hydroxyl groups is 1. The number of aromatic hydroxyl groups is 1. The van der Waals surface area contributed by atoms with Crippen LogP contribution in [-0.4, -0.2) is 90.3 Å². The lowest BCUT2D eigenvalue weighted by Crippen LogP contribution is -2.32. The summed E-state index contributed by atoms with van der Waals surface area (Å²) >= 11 is 1.36. The second-order valence-corrected chi connectivity index (χ2v) is 25.5. The first-order chi connectivity index (χ1) is 42.2. The number of likely N-dealkylation sites (N-methyl/N-ethyl adjacent to an activating group) is 1. The summed E-state index contributed by atoms with van der Waals surface area (Å²) < 4.78 is 12.4. The first-order valence-corrected chi connectivity index (χ1v) is 32.8. The van der Waals surface area contributed by atoms with Crippen molar-refractivity contribution in [3.05, 3.63) is 160 Å². The molecule has 0 aromatic heterocycles. The lowest BCUT2D eigenvalue weighted by atomic mass is 9.76. The van der Waals surface area contributed by atoms with Crippen LogP contribution in [0.4, 0.5) is 17.1 Å². The first kappa shape index (κ1) is 69.7. The highest BCUT2D eigenvalue weighted by molar-refractivity contribution is 7.99. The molecule has 0 unspecified atom stereocenters. The number of Topliss-reactive ketones (excluding diaryl/α,β-unsaturated/α-hetero) is 1. The molecule has 0 aliphatic heterocycles. The molecule has 14 heteroatoms. The summed E-state index contributed by atoms with van der Waals surface area (Å²) in [6.07, 6.45) is 17.7. The van der Waals surface area contributed by atoms with Crippen LogP contribution in [0, 0.1) is 13.8 Å². The molecule has 6 aromatic rings. The van der Waals surface area contributed by atoms with Crippen molar-refractivity contribution in [1.29, 1.82) is 0 Å². The molecule has 0 fully saturated rings. The van der Waals surface area contributed by atoms with Crippen molar-refractivity contribution in [2.24, 2.45) is 4.99 Å². The molecule has 7 rings (SSSR count). The van der Waals surface area contributed by atoms with Crippen LogP contribution in [0.1, 0.15) is 193 Å². The van der Waals surface area contributed by atoms with Gasteiger partial charge in [0.05, 0.1) is 54.5 Å². The van der Waals surface area contributed by atoms with Crippen LogP contribution in [0.25, 0.3) is 10.8 Å². The molecule has 0 atom stereocenters. The van der Waals surface area contributed by atoms with Crippen LogP contribution >= 0.6 is 11.8 Å². The van der Waals surface area contributed by atoms with E-state index in [1.807, 2.05) is 86.5 Å². The molecular formula is C74H96N4O9S. The molecule has 5 N–H and O–H groups in total. The number of ketones is 1. The standard InChI is InChI=1S/C41H53N3O4.C33H43NO5S/c1-9-40(4,5)29-17-20-37(34(26-29)41(6,7)10-2)48-24-14-13-21-42-39(47)33-27-36(31-15-11-12-16-32(31)38(33)46)43-35-19-18-30(25-28(35)3)44(8)22-23-45;1-3-4-5-6-7-8-9-10-11-14-20-39-29-18-17-24(2)22-28(29)34-33(38)27-23-30(40-21-19-31(35)36)25-15-12-13-16-26(25)32(27)37/h11-12,15-20,25-27,45H,9-10,13-14,21-24H2,1-8H3,(H,42,47);12-13,15-18,22-23,37H,3-11,14,19-21H2,1-2H3,(H,34,38)(H,35,36). The number of aliphatic imine (C=N–C) groups is 1. The maximum absolute atomic E-state index is 13.4. The Balaban J connectivity index is 0.000000286. The second kappa shape index (κ2) is 34.4. The average molecular weight is 1220 g/mol. The number of benzene rings is 6. The Labute approximate surface area is 527 Å². The highest BCUT2D eigenvalue weighted by Crippen LogP contribution is 2.40. The number of fused-ring (bicyclic) bond motifs is 2. The Morgan fingerprint density at radius 3 is 1.97 bits per heavy atom. The highest BCUT2D eigenvalue weighted by Gasteiger charge is 2.30. The Morgan fingerprint density at radius 2 is 1.31 bits per heavy atom. The maximum atomic E-state index is 13.4. The number of anilines is 2. The van der Waals surface area contributed by atoms with Gasteiger partial charge in [-0.05, 0) is 127 Å². The number of carboxylic acid groups (broad SMARTS) is 1. The Kier molecular flexibility index (Phi) is 27.2. The van der Waals surface area contributed by atoms with Gasteiger partial charge in [-0.2, -0.15) is 0 Å². The molecule has 0 radical (unpaired) electrons. The van der Waals surface area contributed by atoms with Crippen molar-refractivity contribution in [1.82, 2.24) is 5.32 Å². The molecule has 88 heavy (non-hydrogen) atoms. The largest absolute Gasteiger partial charge is 0.506 e. The van der Waals surface area contributed by atoms with E-state index in [1.165, 1.54) is 74.3 Å². The van der Waals surface area contributed by atoms with Gasteiger partial charge < -0.3 is 40.3 Å². The van der Waals surface area contributed by atoms with Gasteiger partial charge in [0.15, 0.2) is 5.78 Å². The molecule has 1 aliphatic carbocycles. The SMILES string of the molecule is CCC(C)(C)c1ccc(OCCCCNC(=O)C2=CC(=Nc3ccc(N(C)CCO)cc3C)c3ccccc3C2=O)c(C(C)(C)CC)c1.CCCCCCCCCCCCOc1ccc(C)cc1NC(=O)c1cc(SCCC(=O)O)c2ccccc2c1O. The zero-order valence-electron chi connectivity index (χ0n) is 53.9. The van der Waals surface area contributed by atoms with Crippen LogP contribution < -0.4 is 25.0 Å². The number of unbranched alkanes of at least 4 members (excludes halogenated alkanes) is 10. The number of hydrogen-bond donors (Lipinski definition) is 5. The molecule has 0 heterocycles. The van der Waals surface area contributed by atoms with Crippen molar-refractivity contribution in [2.75, 3.05) is 55.9 Å². The van der Waals surface area contributed by atoms with Gasteiger partial charge in [-0.25, -0.2) is 4.99 Å². The van der Waals surface area contributed by atoms with E-state index in [9.17, 15) is 29.4 Å². The molecule has 13 nitrogen and oxygen atoms in total. The number of carboxylic acids is 1. The number of amides is 2. The lowest BCUT2D eigenvalue weighted by molar-refractivity contribution is -0.136. The molecule has 6 aromatic carbocycles. The zero-order chi connectivity index (χ0) is 63.8. The van der Waals surface area contributed by atoms with E-state index in [4.69, 9.17) is 19.6 Å². The van der Waals surface area contributed by atoms with Crippen LogP contribution in [0.3, 0.4) is 0 Å². The third-order valence-electron chi connectivity index (χ3n) is 16.8. The number of thioether (sulfide) groups is 1. The van der Waals surface area contributed by atoms with E-state index in [1.54, 1.807) is 36.4 Å². The van der Waals surface area contributed by atoms with Gasteiger partial charge in [-0.3, -0.25) is 19.2 Å². The fraction of sp³-hybridized carbons (Fsp3) is 0.446. The van der Waals surface area contributed by atoms with E-state index >= 15 is 0 Å². The summed E-state index contributed by atoms with van der Waals surface area (Å²) in [7, 11) is 1.93. The predicted octanol–water partition coefficient (Wildman–Crippen LogP) is 17.0. The summed E-state index contributed by atoms with van der Waals surface area (Å²) in [6.45, 7) is 21.8. The number of hydrogen-bond acceptors (Lipinski definition) is 11. The van der Waals surface area contributed by atoms with Gasteiger partial charge in [-0.15, -0.1) is 11.8 Å². The fourth-order valence-electron chi connectivity index (χ4n) is 10.4. The molecule has 472 valence electrons. The topological polar surface area (TPSA) is 187 Å². The Hall–Kier alpha value is -7.42. The van der Waals surface area contributed by atoms with Gasteiger partial charge >= 0.3 is 5.97 Å². The van der Waals surface area contributed by atoms with Crippen molar-refractivity contribution < 1.29 is 44.0 Å². The van der Waals surface area contributed by atoms with Crippen LogP contribution in [0.5, 0.6) is 17.2 Å². The number of phenols is 1. The Morgan fingerprint density at radius 1 is 0.682 bits per heavy atom. The smallest absolute Gasteiger partial charge is 0.304 e. The summed E-state index contributed by atoms with van der Waals surface area (Å²) in [6, 6.07) is 34.4. The van der Waals surface area contributed by atoms with E-state index in [2.05, 4.69) is 77.3 Å². The third-order valence-corrected chi connectivity index (χ3v) is 17.9. The van der Waals surface area contributed by atoms with Crippen LogP contribution in [0.15, 0.2) is 131 Å². The fourth-order valence-corrected chi connectivity index (χ4v) is 11.4. The van der Waals surface area contributed by atoms with Gasteiger partial charge in [0.25, 0.3) is 11.8 Å². The molecular weight excluding hydrogens is 1120 g/mol. The van der Waals surface area contributed by atoms with Crippen molar-refractivity contribution in [2.45, 2.75) is 174 Å². The normalized spacial score (nSPS) is 12.7. The van der Waals surface area contributed by atoms with Crippen LogP contribution in [-0.2, 0) is 20.4 Å². The highest BCUT2D eigenvalue weighted by atomic mass is 32.2. The Bertz CT molecular complexity index is 3380. The van der Waals surface area contributed by atoms with E-state index < -0.39 is 17.8 Å². The molecule has 0 spiro atoms. The lowest BCUT2D eigenvalue weighted by Gasteiger charge is -2.30. The van der Waals surface area contributed by atoms with Gasteiger partial charge in [-0.1, -0.05) is 173 Å². The van der Waals surface area contributed by atoms with Gasteiger partial charge in [0.1, 0.15) is 17.2 Å². The second-order valence-electron chi connectivity index (χ2n) is 24.3. The number of allylic oxidation sites excluding steroid dienone is 1. The minimum atomic E-state index is -0.877. The minimum Gasteiger partial charge on any atom is -0.506 e. The number of rotatable bonds is 33. The summed E-state index contributed by atoms with van der Waals surface area (Å²) in [5, 5.41) is 36.5. The van der Waals surface area contributed by atoms with Crippen molar-refractivity contribution in [3.8, 4) is 17.2 Å². The first-order valence-electron chi connectivity index (χ1n) is 31.8. The van der Waals surface area contributed by atoms with Crippen molar-refractivity contribution in [3.63, 3.8) is 0 Å². The summed E-state index contributed by atoms with van der Waals surface area (Å²) in [4.78, 5) is 58.8.